The molecule has 18 heavy (non-hydrogen) atoms. The summed E-state index contributed by atoms with van der Waals surface area (Å²) in [5.74, 6) is -1.35. The first-order valence-electron chi connectivity index (χ1n) is 5.21. The SMILES string of the molecule is CCOC(=O)Cc1cc(CCl)c(O)c(C(F)F)n1. The molecule has 0 amide bonds. The van der Waals surface area contributed by atoms with Gasteiger partial charge in [-0.1, -0.05) is 0 Å². The number of aromatic hydroxyl groups is 1. The molecule has 7 heteroatoms. The summed E-state index contributed by atoms with van der Waals surface area (Å²) in [5.41, 5.74) is -0.564. The van der Waals surface area contributed by atoms with E-state index < -0.39 is 23.8 Å². The summed E-state index contributed by atoms with van der Waals surface area (Å²) in [4.78, 5) is 14.8. The summed E-state index contributed by atoms with van der Waals surface area (Å²) in [6.07, 6.45) is -3.17. The molecule has 0 fully saturated rings. The molecule has 4 nitrogen and oxygen atoms in total. The normalized spacial score (nSPS) is 10.7. The summed E-state index contributed by atoms with van der Waals surface area (Å²) in [6.45, 7) is 1.83. The van der Waals surface area contributed by atoms with Gasteiger partial charge >= 0.3 is 5.97 Å². The summed E-state index contributed by atoms with van der Waals surface area (Å²) in [5, 5.41) is 9.48. The van der Waals surface area contributed by atoms with Crippen LogP contribution >= 0.6 is 11.6 Å². The van der Waals surface area contributed by atoms with Gasteiger partial charge in [-0.25, -0.2) is 13.8 Å². The number of rotatable bonds is 5. The van der Waals surface area contributed by atoms with Crippen molar-refractivity contribution in [3.05, 3.63) is 23.0 Å². The monoisotopic (exact) mass is 279 g/mol. The van der Waals surface area contributed by atoms with Crippen molar-refractivity contribution < 1.29 is 23.4 Å². The van der Waals surface area contributed by atoms with Crippen LogP contribution in [0.15, 0.2) is 6.07 Å². The average molecular weight is 280 g/mol. The Morgan fingerprint density at radius 2 is 2.28 bits per heavy atom. The fraction of sp³-hybridized carbons (Fsp3) is 0.455. The van der Waals surface area contributed by atoms with Gasteiger partial charge in [-0.05, 0) is 13.0 Å². The Balaban J connectivity index is 3.06. The first-order valence-corrected chi connectivity index (χ1v) is 5.74. The van der Waals surface area contributed by atoms with E-state index in [1.165, 1.54) is 6.07 Å². The molecule has 0 aliphatic heterocycles. The third-order valence-electron chi connectivity index (χ3n) is 2.13. The van der Waals surface area contributed by atoms with Gasteiger partial charge in [0.05, 0.1) is 24.6 Å². The number of hydrogen-bond acceptors (Lipinski definition) is 4. The molecule has 1 aromatic heterocycles. The van der Waals surface area contributed by atoms with Crippen LogP contribution in [0.25, 0.3) is 0 Å². The lowest BCUT2D eigenvalue weighted by atomic mass is 10.1. The first kappa shape index (κ1) is 14.6. The Labute approximate surface area is 108 Å². The standard InChI is InChI=1S/C11H12ClF2NO3/c1-2-18-8(16)4-7-3-6(5-12)10(17)9(15-7)11(13)14/h3,11,17H,2,4-5H2,1H3. The number of pyridine rings is 1. The predicted octanol–water partition coefficient (Wildman–Crippen LogP) is 2.57. The fourth-order valence-corrected chi connectivity index (χ4v) is 1.58. The molecule has 0 radical (unpaired) electrons. The minimum atomic E-state index is -2.94. The van der Waals surface area contributed by atoms with Crippen molar-refractivity contribution in [1.29, 1.82) is 0 Å². The zero-order chi connectivity index (χ0) is 13.7. The summed E-state index contributed by atoms with van der Waals surface area (Å²) in [7, 11) is 0. The van der Waals surface area contributed by atoms with Crippen LogP contribution in [0.3, 0.4) is 0 Å². The van der Waals surface area contributed by atoms with Crippen molar-refractivity contribution >= 4 is 17.6 Å². The Morgan fingerprint density at radius 1 is 1.61 bits per heavy atom. The first-order chi connectivity index (χ1) is 8.49. The fourth-order valence-electron chi connectivity index (χ4n) is 1.38. The molecule has 0 spiro atoms. The summed E-state index contributed by atoms with van der Waals surface area (Å²) < 4.78 is 29.9. The Bertz CT molecular complexity index is 441. The van der Waals surface area contributed by atoms with Crippen molar-refractivity contribution in [2.75, 3.05) is 6.61 Å². The lowest BCUT2D eigenvalue weighted by Crippen LogP contribution is -2.10. The van der Waals surface area contributed by atoms with E-state index in [-0.39, 0.29) is 30.2 Å². The molecule has 100 valence electrons. The lowest BCUT2D eigenvalue weighted by Gasteiger charge is -2.10. The van der Waals surface area contributed by atoms with E-state index >= 15 is 0 Å². The number of carbonyl (C=O) groups excluding carboxylic acids is 1. The van der Waals surface area contributed by atoms with E-state index in [2.05, 4.69) is 9.72 Å². The minimum absolute atomic E-state index is 0.0946. The van der Waals surface area contributed by atoms with Crippen molar-refractivity contribution in [3.8, 4) is 5.75 Å². The summed E-state index contributed by atoms with van der Waals surface area (Å²) >= 11 is 5.53. The van der Waals surface area contributed by atoms with Crippen LogP contribution in [-0.2, 0) is 21.8 Å². The van der Waals surface area contributed by atoms with Crippen molar-refractivity contribution in [3.63, 3.8) is 0 Å². The predicted molar refractivity (Wildman–Crippen MR) is 60.8 cm³/mol. The molecule has 0 aromatic carbocycles. The highest BCUT2D eigenvalue weighted by molar-refractivity contribution is 6.17. The smallest absolute Gasteiger partial charge is 0.311 e. The number of ether oxygens (including phenoxy) is 1. The zero-order valence-electron chi connectivity index (χ0n) is 9.62. The third kappa shape index (κ3) is 3.53. The summed E-state index contributed by atoms with van der Waals surface area (Å²) in [6, 6.07) is 1.31. The number of alkyl halides is 3. The van der Waals surface area contributed by atoms with E-state index in [4.69, 9.17) is 11.6 Å². The largest absolute Gasteiger partial charge is 0.505 e. The highest BCUT2D eigenvalue weighted by Crippen LogP contribution is 2.31. The average Bonchev–Trinajstić information content (AvgIpc) is 2.31. The van der Waals surface area contributed by atoms with Crippen LogP contribution in [0.5, 0.6) is 5.75 Å². The van der Waals surface area contributed by atoms with Gasteiger partial charge < -0.3 is 9.84 Å². The van der Waals surface area contributed by atoms with E-state index in [0.29, 0.717) is 0 Å². The second kappa shape index (κ2) is 6.49. The maximum atomic E-state index is 12.6. The van der Waals surface area contributed by atoms with Crippen LogP contribution in [0.4, 0.5) is 8.78 Å². The van der Waals surface area contributed by atoms with Gasteiger partial charge in [0.1, 0.15) is 11.4 Å². The Hall–Kier alpha value is -1.43. The van der Waals surface area contributed by atoms with Crippen LogP contribution in [0.2, 0.25) is 0 Å². The molecule has 1 rings (SSSR count). The second-order valence-corrected chi connectivity index (χ2v) is 3.69. The van der Waals surface area contributed by atoms with Crippen LogP contribution in [0.1, 0.15) is 30.3 Å². The maximum Gasteiger partial charge on any atom is 0.311 e. The molecular formula is C11H12ClF2NO3. The van der Waals surface area contributed by atoms with Gasteiger partial charge in [0, 0.05) is 5.56 Å². The van der Waals surface area contributed by atoms with Gasteiger partial charge in [0.15, 0.2) is 0 Å². The third-order valence-corrected chi connectivity index (χ3v) is 2.42. The molecule has 1 heterocycles. The van der Waals surface area contributed by atoms with Crippen molar-refractivity contribution in [2.45, 2.75) is 25.7 Å². The van der Waals surface area contributed by atoms with Gasteiger partial charge in [0.25, 0.3) is 6.43 Å². The zero-order valence-corrected chi connectivity index (χ0v) is 10.4. The Morgan fingerprint density at radius 3 is 2.78 bits per heavy atom. The molecule has 0 aliphatic rings. The lowest BCUT2D eigenvalue weighted by molar-refractivity contribution is -0.142. The van der Waals surface area contributed by atoms with Gasteiger partial charge in [-0.15, -0.1) is 11.6 Å². The number of aromatic nitrogens is 1. The molecule has 0 unspecified atom stereocenters. The van der Waals surface area contributed by atoms with Crippen LogP contribution in [-0.4, -0.2) is 22.7 Å². The molecule has 1 aromatic rings. The van der Waals surface area contributed by atoms with E-state index in [0.717, 1.165) is 0 Å². The van der Waals surface area contributed by atoms with Crippen molar-refractivity contribution in [2.24, 2.45) is 0 Å². The van der Waals surface area contributed by atoms with E-state index in [1.807, 2.05) is 0 Å². The van der Waals surface area contributed by atoms with Crippen molar-refractivity contribution in [1.82, 2.24) is 4.98 Å². The molecule has 0 saturated heterocycles. The number of nitrogens with zero attached hydrogens (tertiary/aromatic N) is 1. The Kier molecular flexibility index (Phi) is 5.27. The van der Waals surface area contributed by atoms with E-state index in [9.17, 15) is 18.7 Å². The van der Waals surface area contributed by atoms with Gasteiger partial charge in [0.2, 0.25) is 0 Å². The second-order valence-electron chi connectivity index (χ2n) is 3.42. The number of halogens is 3. The minimum Gasteiger partial charge on any atom is -0.505 e. The number of carbonyl (C=O) groups is 1. The molecule has 1 N–H and O–H groups in total. The molecule has 0 bridgehead atoms. The number of hydrogen-bond donors (Lipinski definition) is 1. The van der Waals surface area contributed by atoms with E-state index in [1.54, 1.807) is 6.92 Å². The quantitative estimate of drug-likeness (QED) is 0.665. The topological polar surface area (TPSA) is 59.4 Å². The highest BCUT2D eigenvalue weighted by Gasteiger charge is 2.20. The molecular weight excluding hydrogens is 268 g/mol. The maximum absolute atomic E-state index is 12.6. The molecule has 0 saturated carbocycles. The molecule has 0 atom stereocenters. The molecule has 0 aliphatic carbocycles. The van der Waals surface area contributed by atoms with Crippen LogP contribution in [0, 0.1) is 0 Å². The van der Waals surface area contributed by atoms with Crippen LogP contribution < -0.4 is 0 Å². The number of esters is 1. The van der Waals surface area contributed by atoms with Gasteiger partial charge in [-0.3, -0.25) is 4.79 Å². The van der Waals surface area contributed by atoms with Gasteiger partial charge in [-0.2, -0.15) is 0 Å². The highest BCUT2D eigenvalue weighted by atomic mass is 35.5.